The van der Waals surface area contributed by atoms with Gasteiger partial charge >= 0.3 is 0 Å². The lowest BCUT2D eigenvalue weighted by molar-refractivity contribution is 0.0954. The monoisotopic (exact) mass is 319 g/mol. The number of carbonyl (C=O) groups excluding carboxylic acids is 1. The van der Waals surface area contributed by atoms with Crippen molar-refractivity contribution >= 4 is 17.5 Å². The summed E-state index contributed by atoms with van der Waals surface area (Å²) in [5.74, 6) is 0.415. The molecule has 0 saturated heterocycles. The first-order valence-electron chi connectivity index (χ1n) is 7.63. The third kappa shape index (κ3) is 4.36. The van der Waals surface area contributed by atoms with Crippen LogP contribution in [0, 0.1) is 0 Å². The minimum atomic E-state index is -0.103. The Labute approximate surface area is 140 Å². The molecule has 0 fully saturated rings. The van der Waals surface area contributed by atoms with Crippen molar-refractivity contribution in [2.24, 2.45) is 0 Å². The summed E-state index contributed by atoms with van der Waals surface area (Å²) in [5, 5.41) is 5.97. The van der Waals surface area contributed by atoms with Crippen LogP contribution in [0.15, 0.2) is 67.1 Å². The number of hydrogen-bond acceptors (Lipinski definition) is 5. The van der Waals surface area contributed by atoms with Gasteiger partial charge in [-0.15, -0.1) is 0 Å². The van der Waals surface area contributed by atoms with Gasteiger partial charge in [-0.3, -0.25) is 9.78 Å². The Kier molecular flexibility index (Phi) is 5.09. The van der Waals surface area contributed by atoms with Gasteiger partial charge < -0.3 is 10.6 Å². The number of hydrogen-bond donors (Lipinski definition) is 2. The second-order valence-corrected chi connectivity index (χ2v) is 5.10. The zero-order valence-electron chi connectivity index (χ0n) is 13.0. The lowest BCUT2D eigenvalue weighted by atomic mass is 10.2. The molecular weight excluding hydrogens is 302 g/mol. The van der Waals surface area contributed by atoms with Crippen LogP contribution >= 0.6 is 0 Å². The molecule has 3 aromatic rings. The lowest BCUT2D eigenvalue weighted by Crippen LogP contribution is -2.25. The van der Waals surface area contributed by atoms with Crippen LogP contribution in [0.1, 0.15) is 16.1 Å². The van der Waals surface area contributed by atoms with Gasteiger partial charge in [-0.05, 0) is 42.5 Å². The molecule has 1 aromatic carbocycles. The van der Waals surface area contributed by atoms with Crippen molar-refractivity contribution in [3.8, 4) is 0 Å². The Morgan fingerprint density at radius 1 is 0.875 bits per heavy atom. The van der Waals surface area contributed by atoms with Crippen molar-refractivity contribution in [2.45, 2.75) is 6.42 Å². The highest BCUT2D eigenvalue weighted by atomic mass is 16.1. The van der Waals surface area contributed by atoms with E-state index < -0.39 is 0 Å². The molecule has 120 valence electrons. The van der Waals surface area contributed by atoms with E-state index in [0.29, 0.717) is 24.5 Å². The number of rotatable bonds is 6. The Balaban J connectivity index is 1.52. The SMILES string of the molecule is O=C(NCCc1ccccn1)c1ccc(Nc2ncccn2)cc1. The smallest absolute Gasteiger partial charge is 0.251 e. The molecule has 0 unspecified atom stereocenters. The van der Waals surface area contributed by atoms with Crippen molar-refractivity contribution in [3.05, 3.63) is 78.4 Å². The molecule has 6 heteroatoms. The number of nitrogens with zero attached hydrogens (tertiary/aromatic N) is 3. The first-order valence-corrected chi connectivity index (χ1v) is 7.63. The zero-order chi connectivity index (χ0) is 16.6. The molecule has 0 aliphatic rings. The highest BCUT2D eigenvalue weighted by Gasteiger charge is 2.05. The van der Waals surface area contributed by atoms with Gasteiger partial charge in [0.25, 0.3) is 5.91 Å². The average Bonchev–Trinajstić information content (AvgIpc) is 2.64. The number of pyridine rings is 1. The van der Waals surface area contributed by atoms with Crippen molar-refractivity contribution in [1.82, 2.24) is 20.3 Å². The molecule has 2 heterocycles. The molecular formula is C18H17N5O. The van der Waals surface area contributed by atoms with E-state index in [4.69, 9.17) is 0 Å². The van der Waals surface area contributed by atoms with E-state index in [0.717, 1.165) is 11.4 Å². The molecule has 2 aromatic heterocycles. The fraction of sp³-hybridized carbons (Fsp3) is 0.111. The molecule has 3 rings (SSSR count). The zero-order valence-corrected chi connectivity index (χ0v) is 13.0. The summed E-state index contributed by atoms with van der Waals surface area (Å²) in [4.78, 5) is 24.5. The fourth-order valence-electron chi connectivity index (χ4n) is 2.15. The van der Waals surface area contributed by atoms with E-state index in [1.54, 1.807) is 36.8 Å². The van der Waals surface area contributed by atoms with E-state index in [2.05, 4.69) is 25.6 Å². The molecule has 24 heavy (non-hydrogen) atoms. The number of nitrogens with one attached hydrogen (secondary N) is 2. The van der Waals surface area contributed by atoms with Crippen LogP contribution in [0.2, 0.25) is 0 Å². The van der Waals surface area contributed by atoms with Crippen LogP contribution in [0.4, 0.5) is 11.6 Å². The average molecular weight is 319 g/mol. The van der Waals surface area contributed by atoms with E-state index >= 15 is 0 Å². The topological polar surface area (TPSA) is 79.8 Å². The van der Waals surface area contributed by atoms with E-state index in [9.17, 15) is 4.79 Å². The van der Waals surface area contributed by atoms with Crippen molar-refractivity contribution in [1.29, 1.82) is 0 Å². The van der Waals surface area contributed by atoms with Crippen LogP contribution in [0.5, 0.6) is 0 Å². The summed E-state index contributed by atoms with van der Waals surface area (Å²) in [6.07, 6.45) is 5.79. The van der Waals surface area contributed by atoms with E-state index in [1.165, 1.54) is 0 Å². The van der Waals surface area contributed by atoms with E-state index in [-0.39, 0.29) is 5.91 Å². The third-order valence-electron chi connectivity index (χ3n) is 3.36. The predicted molar refractivity (Wildman–Crippen MR) is 92.0 cm³/mol. The normalized spacial score (nSPS) is 10.2. The van der Waals surface area contributed by atoms with E-state index in [1.807, 2.05) is 30.3 Å². The Bertz CT molecular complexity index is 776. The standard InChI is InChI=1S/C18H17N5O/c24-17(20-13-9-15-4-1-2-10-19-15)14-5-7-16(8-6-14)23-18-21-11-3-12-22-18/h1-8,10-12H,9,13H2,(H,20,24)(H,21,22,23). The summed E-state index contributed by atoms with van der Waals surface area (Å²) in [6.45, 7) is 0.549. The van der Waals surface area contributed by atoms with Gasteiger partial charge in [0, 0.05) is 48.5 Å². The summed E-state index contributed by atoms with van der Waals surface area (Å²) in [7, 11) is 0. The van der Waals surface area contributed by atoms with Crippen LogP contribution in [-0.2, 0) is 6.42 Å². The van der Waals surface area contributed by atoms with Crippen molar-refractivity contribution < 1.29 is 4.79 Å². The van der Waals surface area contributed by atoms with Gasteiger partial charge in [0.2, 0.25) is 5.95 Å². The Morgan fingerprint density at radius 3 is 2.33 bits per heavy atom. The van der Waals surface area contributed by atoms with Crippen LogP contribution in [0.3, 0.4) is 0 Å². The van der Waals surface area contributed by atoms with Crippen LogP contribution < -0.4 is 10.6 Å². The highest BCUT2D eigenvalue weighted by Crippen LogP contribution is 2.13. The number of amides is 1. The molecule has 0 bridgehead atoms. The molecule has 0 atom stereocenters. The van der Waals surface area contributed by atoms with Crippen LogP contribution in [0.25, 0.3) is 0 Å². The van der Waals surface area contributed by atoms with Crippen molar-refractivity contribution in [3.63, 3.8) is 0 Å². The van der Waals surface area contributed by atoms with Gasteiger partial charge in [-0.1, -0.05) is 6.07 Å². The summed E-state index contributed by atoms with van der Waals surface area (Å²) >= 11 is 0. The first kappa shape index (κ1) is 15.6. The molecule has 0 aliphatic heterocycles. The maximum Gasteiger partial charge on any atom is 0.251 e. The maximum atomic E-state index is 12.1. The largest absolute Gasteiger partial charge is 0.352 e. The highest BCUT2D eigenvalue weighted by molar-refractivity contribution is 5.94. The maximum absolute atomic E-state index is 12.1. The minimum Gasteiger partial charge on any atom is -0.352 e. The molecule has 0 saturated carbocycles. The number of anilines is 2. The second kappa shape index (κ2) is 7.82. The van der Waals surface area contributed by atoms with Gasteiger partial charge in [0.15, 0.2) is 0 Å². The molecule has 0 spiro atoms. The minimum absolute atomic E-state index is 0.103. The summed E-state index contributed by atoms with van der Waals surface area (Å²) in [6, 6.07) is 14.7. The number of benzene rings is 1. The summed E-state index contributed by atoms with van der Waals surface area (Å²) < 4.78 is 0. The summed E-state index contributed by atoms with van der Waals surface area (Å²) in [5.41, 5.74) is 2.39. The second-order valence-electron chi connectivity index (χ2n) is 5.10. The number of aromatic nitrogens is 3. The first-order chi connectivity index (χ1) is 11.8. The molecule has 1 amide bonds. The van der Waals surface area contributed by atoms with Gasteiger partial charge in [0.05, 0.1) is 0 Å². The Hall–Kier alpha value is -3.28. The third-order valence-corrected chi connectivity index (χ3v) is 3.36. The van der Waals surface area contributed by atoms with Gasteiger partial charge in [-0.2, -0.15) is 0 Å². The fourth-order valence-corrected chi connectivity index (χ4v) is 2.15. The molecule has 6 nitrogen and oxygen atoms in total. The lowest BCUT2D eigenvalue weighted by Gasteiger charge is -2.07. The Morgan fingerprint density at radius 2 is 1.62 bits per heavy atom. The molecule has 2 N–H and O–H groups in total. The number of carbonyl (C=O) groups is 1. The molecule has 0 radical (unpaired) electrons. The van der Waals surface area contributed by atoms with Crippen molar-refractivity contribution in [2.75, 3.05) is 11.9 Å². The predicted octanol–water partition coefficient (Wildman–Crippen LogP) is 2.59. The van der Waals surface area contributed by atoms with Gasteiger partial charge in [0.1, 0.15) is 0 Å². The quantitative estimate of drug-likeness (QED) is 0.730. The molecule has 0 aliphatic carbocycles. The van der Waals surface area contributed by atoms with Gasteiger partial charge in [-0.25, -0.2) is 9.97 Å². The van der Waals surface area contributed by atoms with Crippen LogP contribution in [-0.4, -0.2) is 27.4 Å².